The van der Waals surface area contributed by atoms with Crippen molar-refractivity contribution in [3.8, 4) is 0 Å². The van der Waals surface area contributed by atoms with Crippen LogP contribution in [0, 0.1) is 0 Å². The van der Waals surface area contributed by atoms with Crippen molar-refractivity contribution in [2.24, 2.45) is 0 Å². The van der Waals surface area contributed by atoms with Crippen LogP contribution < -0.4 is 4.90 Å². The molecule has 82 valence electrons. The molecular formula is C10H10F3NO. The van der Waals surface area contributed by atoms with Gasteiger partial charge in [0.05, 0.1) is 5.56 Å². The van der Waals surface area contributed by atoms with Gasteiger partial charge >= 0.3 is 6.18 Å². The Bertz CT molecular complexity index is 371. The largest absolute Gasteiger partial charge is 0.416 e. The summed E-state index contributed by atoms with van der Waals surface area (Å²) in [4.78, 5) is 12.1. The van der Waals surface area contributed by atoms with Crippen molar-refractivity contribution >= 4 is 12.0 Å². The van der Waals surface area contributed by atoms with Crippen molar-refractivity contribution in [3.05, 3.63) is 29.3 Å². The Kier molecular flexibility index (Phi) is 3.02. The Hall–Kier alpha value is -1.52. The Labute approximate surface area is 85.3 Å². The molecule has 0 heterocycles. The summed E-state index contributed by atoms with van der Waals surface area (Å²) >= 11 is 0. The lowest BCUT2D eigenvalue weighted by Crippen LogP contribution is -2.13. The SMILES string of the molecule is CN(C)c1cc(C(F)(F)F)ccc1C=O. The van der Waals surface area contributed by atoms with Gasteiger partial charge in [-0.25, -0.2) is 0 Å². The molecule has 0 aliphatic heterocycles. The topological polar surface area (TPSA) is 20.3 Å². The number of anilines is 1. The molecular weight excluding hydrogens is 207 g/mol. The molecule has 0 aromatic heterocycles. The quantitative estimate of drug-likeness (QED) is 0.709. The van der Waals surface area contributed by atoms with E-state index in [0.29, 0.717) is 6.29 Å². The molecule has 0 saturated heterocycles. The minimum Gasteiger partial charge on any atom is -0.377 e. The molecule has 0 radical (unpaired) electrons. The van der Waals surface area contributed by atoms with Crippen LogP contribution in [0.2, 0.25) is 0 Å². The number of halogens is 3. The van der Waals surface area contributed by atoms with E-state index >= 15 is 0 Å². The maximum absolute atomic E-state index is 12.4. The second kappa shape index (κ2) is 3.92. The number of benzene rings is 1. The van der Waals surface area contributed by atoms with Crippen LogP contribution >= 0.6 is 0 Å². The predicted octanol–water partition coefficient (Wildman–Crippen LogP) is 2.58. The van der Waals surface area contributed by atoms with Crippen LogP contribution in [0.3, 0.4) is 0 Å². The number of rotatable bonds is 2. The molecule has 2 nitrogen and oxygen atoms in total. The molecule has 0 unspecified atom stereocenters. The van der Waals surface area contributed by atoms with E-state index in [1.165, 1.54) is 11.0 Å². The third-order valence-corrected chi connectivity index (χ3v) is 1.97. The number of carbonyl (C=O) groups excluding carboxylic acids is 1. The van der Waals surface area contributed by atoms with Crippen LogP contribution in [0.4, 0.5) is 18.9 Å². The lowest BCUT2D eigenvalue weighted by Gasteiger charge is -2.17. The predicted molar refractivity (Wildman–Crippen MR) is 51.2 cm³/mol. The fraction of sp³-hybridized carbons (Fsp3) is 0.300. The van der Waals surface area contributed by atoms with Crippen molar-refractivity contribution in [2.75, 3.05) is 19.0 Å². The van der Waals surface area contributed by atoms with E-state index in [-0.39, 0.29) is 11.3 Å². The average molecular weight is 217 g/mol. The molecule has 0 spiro atoms. The van der Waals surface area contributed by atoms with Gasteiger partial charge in [-0.15, -0.1) is 0 Å². The van der Waals surface area contributed by atoms with Gasteiger partial charge in [-0.3, -0.25) is 4.79 Å². The molecule has 0 aliphatic rings. The molecule has 0 fully saturated rings. The first-order valence-corrected chi connectivity index (χ1v) is 4.20. The lowest BCUT2D eigenvalue weighted by atomic mass is 10.1. The minimum absolute atomic E-state index is 0.244. The monoisotopic (exact) mass is 217 g/mol. The zero-order valence-corrected chi connectivity index (χ0v) is 8.30. The molecule has 1 aromatic rings. The highest BCUT2D eigenvalue weighted by molar-refractivity contribution is 5.84. The third kappa shape index (κ3) is 2.49. The van der Waals surface area contributed by atoms with Crippen molar-refractivity contribution in [1.82, 2.24) is 0 Å². The van der Waals surface area contributed by atoms with E-state index in [0.717, 1.165) is 12.1 Å². The smallest absolute Gasteiger partial charge is 0.377 e. The highest BCUT2D eigenvalue weighted by Crippen LogP contribution is 2.32. The first-order valence-electron chi connectivity index (χ1n) is 4.20. The van der Waals surface area contributed by atoms with Crippen molar-refractivity contribution in [3.63, 3.8) is 0 Å². The number of hydrogen-bond donors (Lipinski definition) is 0. The summed E-state index contributed by atoms with van der Waals surface area (Å²) in [7, 11) is 3.17. The summed E-state index contributed by atoms with van der Waals surface area (Å²) in [5, 5.41) is 0. The second-order valence-electron chi connectivity index (χ2n) is 3.28. The van der Waals surface area contributed by atoms with Crippen LogP contribution in [0.25, 0.3) is 0 Å². The second-order valence-corrected chi connectivity index (χ2v) is 3.28. The van der Waals surface area contributed by atoms with Gasteiger partial charge in [0.25, 0.3) is 0 Å². The van der Waals surface area contributed by atoms with Gasteiger partial charge in [0.15, 0.2) is 6.29 Å². The van der Waals surface area contributed by atoms with Crippen LogP contribution in [-0.4, -0.2) is 20.4 Å². The average Bonchev–Trinajstić information content (AvgIpc) is 2.15. The highest BCUT2D eigenvalue weighted by Gasteiger charge is 2.31. The summed E-state index contributed by atoms with van der Waals surface area (Å²) in [5.41, 5.74) is -0.246. The molecule has 0 amide bonds. The summed E-state index contributed by atoms with van der Waals surface area (Å²) in [6.07, 6.45) is -3.85. The molecule has 0 atom stereocenters. The Morgan fingerprint density at radius 1 is 1.27 bits per heavy atom. The third-order valence-electron chi connectivity index (χ3n) is 1.97. The minimum atomic E-state index is -4.38. The van der Waals surface area contributed by atoms with Crippen molar-refractivity contribution in [2.45, 2.75) is 6.18 Å². The van der Waals surface area contributed by atoms with Gasteiger partial charge in [-0.1, -0.05) is 0 Å². The number of carbonyl (C=O) groups is 1. The fourth-order valence-corrected chi connectivity index (χ4v) is 1.21. The van der Waals surface area contributed by atoms with E-state index in [4.69, 9.17) is 0 Å². The van der Waals surface area contributed by atoms with Gasteiger partial charge < -0.3 is 4.90 Å². The summed E-state index contributed by atoms with van der Waals surface area (Å²) in [6, 6.07) is 3.03. The van der Waals surface area contributed by atoms with E-state index < -0.39 is 11.7 Å². The number of alkyl halides is 3. The fourth-order valence-electron chi connectivity index (χ4n) is 1.21. The lowest BCUT2D eigenvalue weighted by molar-refractivity contribution is -0.137. The molecule has 5 heteroatoms. The molecule has 15 heavy (non-hydrogen) atoms. The maximum Gasteiger partial charge on any atom is 0.416 e. The van der Waals surface area contributed by atoms with Crippen LogP contribution in [0.5, 0.6) is 0 Å². The first kappa shape index (κ1) is 11.6. The summed E-state index contributed by atoms with van der Waals surface area (Å²) in [6.45, 7) is 0. The number of nitrogens with zero attached hydrogens (tertiary/aromatic N) is 1. The number of aldehydes is 1. The Balaban J connectivity index is 3.28. The van der Waals surface area contributed by atoms with E-state index in [9.17, 15) is 18.0 Å². The molecule has 0 aliphatic carbocycles. The molecule has 1 rings (SSSR count). The van der Waals surface area contributed by atoms with Gasteiger partial charge in [0.1, 0.15) is 0 Å². The van der Waals surface area contributed by atoms with Crippen LogP contribution in [-0.2, 0) is 6.18 Å². The molecule has 0 N–H and O–H groups in total. The highest BCUT2D eigenvalue weighted by atomic mass is 19.4. The number of hydrogen-bond acceptors (Lipinski definition) is 2. The Morgan fingerprint density at radius 2 is 1.87 bits per heavy atom. The standard InChI is InChI=1S/C10H10F3NO/c1-14(2)9-5-8(10(11,12)13)4-3-7(9)6-15/h3-6H,1-2H3. The van der Waals surface area contributed by atoms with E-state index in [1.54, 1.807) is 14.1 Å². The summed E-state index contributed by atoms with van der Waals surface area (Å²) < 4.78 is 37.1. The molecule has 0 bridgehead atoms. The van der Waals surface area contributed by atoms with Gasteiger partial charge in [-0.2, -0.15) is 13.2 Å². The Morgan fingerprint density at radius 3 is 2.27 bits per heavy atom. The maximum atomic E-state index is 12.4. The normalized spacial score (nSPS) is 11.3. The van der Waals surface area contributed by atoms with Crippen molar-refractivity contribution < 1.29 is 18.0 Å². The van der Waals surface area contributed by atoms with E-state index in [2.05, 4.69) is 0 Å². The van der Waals surface area contributed by atoms with Gasteiger partial charge in [0, 0.05) is 25.3 Å². The molecule has 1 aromatic carbocycles. The van der Waals surface area contributed by atoms with E-state index in [1.807, 2.05) is 0 Å². The van der Waals surface area contributed by atoms with Crippen molar-refractivity contribution in [1.29, 1.82) is 0 Å². The summed E-state index contributed by atoms with van der Waals surface area (Å²) in [5.74, 6) is 0. The van der Waals surface area contributed by atoms with Gasteiger partial charge in [0.2, 0.25) is 0 Å². The molecule has 0 saturated carbocycles. The first-order chi connectivity index (χ1) is 6.86. The zero-order chi connectivity index (χ0) is 11.6. The van der Waals surface area contributed by atoms with Crippen LogP contribution in [0.15, 0.2) is 18.2 Å². The van der Waals surface area contributed by atoms with Crippen LogP contribution in [0.1, 0.15) is 15.9 Å². The van der Waals surface area contributed by atoms with Gasteiger partial charge in [-0.05, 0) is 18.2 Å². The zero-order valence-electron chi connectivity index (χ0n) is 8.30.